The summed E-state index contributed by atoms with van der Waals surface area (Å²) in [5.41, 5.74) is 0.950. The average Bonchev–Trinajstić information content (AvgIpc) is 3.12. The highest BCUT2D eigenvalue weighted by molar-refractivity contribution is 9.10. The van der Waals surface area contributed by atoms with Crippen LogP contribution in [0, 0.1) is 0 Å². The third kappa shape index (κ3) is 3.02. The molecule has 1 aromatic rings. The molecule has 132 valence electrons. The highest BCUT2D eigenvalue weighted by Gasteiger charge is 2.49. The highest BCUT2D eigenvalue weighted by Crippen LogP contribution is 2.45. The minimum Gasteiger partial charge on any atom is -0.335 e. The number of amides is 1. The summed E-state index contributed by atoms with van der Waals surface area (Å²) in [7, 11) is 0. The first-order chi connectivity index (χ1) is 11.2. The Morgan fingerprint density at radius 3 is 2.46 bits per heavy atom. The molecule has 2 aliphatic heterocycles. The molecule has 0 radical (unpaired) electrons. The molecule has 2 atom stereocenters. The Morgan fingerprint density at radius 2 is 1.75 bits per heavy atom. The standard InChI is InChI=1S/C19H25BrN2O.ClH/c20-15-5-3-14(4-6-15)19(10-1-2-11-19)18(23)22-16-7-8-17(22)13-21-12-9-16;/h3-6,16-17,21H,1-2,7-13H2;1H. The molecule has 3 fully saturated rings. The monoisotopic (exact) mass is 412 g/mol. The normalized spacial score (nSPS) is 28.3. The smallest absolute Gasteiger partial charge is 0.233 e. The van der Waals surface area contributed by atoms with Crippen LogP contribution in [0.4, 0.5) is 0 Å². The van der Waals surface area contributed by atoms with Crippen molar-refractivity contribution in [2.24, 2.45) is 0 Å². The first-order valence-corrected chi connectivity index (χ1v) is 9.79. The number of fused-ring (bicyclic) bond motifs is 2. The van der Waals surface area contributed by atoms with Crippen molar-refractivity contribution in [2.75, 3.05) is 13.1 Å². The van der Waals surface area contributed by atoms with Crippen LogP contribution < -0.4 is 5.32 Å². The van der Waals surface area contributed by atoms with Crippen LogP contribution in [-0.4, -0.2) is 36.0 Å². The summed E-state index contributed by atoms with van der Waals surface area (Å²) in [4.78, 5) is 16.0. The molecule has 3 nitrogen and oxygen atoms in total. The Bertz CT molecular complexity index is 572. The lowest BCUT2D eigenvalue weighted by molar-refractivity contribution is -0.140. The lowest BCUT2D eigenvalue weighted by Gasteiger charge is -2.38. The molecule has 3 aliphatic rings. The molecule has 2 saturated heterocycles. The highest BCUT2D eigenvalue weighted by atomic mass is 79.9. The molecule has 2 unspecified atom stereocenters. The molecule has 1 saturated carbocycles. The van der Waals surface area contributed by atoms with Gasteiger partial charge in [0.25, 0.3) is 0 Å². The maximum atomic E-state index is 13.7. The van der Waals surface area contributed by atoms with E-state index in [1.54, 1.807) is 0 Å². The molecule has 2 heterocycles. The zero-order valence-electron chi connectivity index (χ0n) is 14.0. The van der Waals surface area contributed by atoms with Gasteiger partial charge in [-0.2, -0.15) is 0 Å². The van der Waals surface area contributed by atoms with Gasteiger partial charge in [-0.05, 0) is 56.3 Å². The van der Waals surface area contributed by atoms with Crippen LogP contribution in [0.2, 0.25) is 0 Å². The van der Waals surface area contributed by atoms with Crippen molar-refractivity contribution in [3.05, 3.63) is 34.3 Å². The molecule has 1 aromatic carbocycles. The molecule has 24 heavy (non-hydrogen) atoms. The topological polar surface area (TPSA) is 32.3 Å². The largest absolute Gasteiger partial charge is 0.335 e. The Labute approximate surface area is 159 Å². The summed E-state index contributed by atoms with van der Waals surface area (Å²) in [6.07, 6.45) is 7.83. The van der Waals surface area contributed by atoms with E-state index >= 15 is 0 Å². The summed E-state index contributed by atoms with van der Waals surface area (Å²) in [5.74, 6) is 0.411. The van der Waals surface area contributed by atoms with Gasteiger partial charge in [0, 0.05) is 23.1 Å². The molecular formula is C19H26BrClN2O. The molecule has 1 N–H and O–H groups in total. The van der Waals surface area contributed by atoms with Gasteiger partial charge in [0.1, 0.15) is 0 Å². The number of nitrogens with zero attached hydrogens (tertiary/aromatic N) is 1. The summed E-state index contributed by atoms with van der Waals surface area (Å²) in [6.45, 7) is 2.02. The number of benzene rings is 1. The van der Waals surface area contributed by atoms with E-state index in [1.807, 2.05) is 0 Å². The van der Waals surface area contributed by atoms with Crippen molar-refractivity contribution in [2.45, 2.75) is 62.4 Å². The van der Waals surface area contributed by atoms with Crippen LogP contribution in [0.25, 0.3) is 0 Å². The fourth-order valence-corrected chi connectivity index (χ4v) is 5.20. The van der Waals surface area contributed by atoms with Crippen LogP contribution in [0.3, 0.4) is 0 Å². The number of carbonyl (C=O) groups excluding carboxylic acids is 1. The van der Waals surface area contributed by atoms with E-state index < -0.39 is 0 Å². The molecule has 4 rings (SSSR count). The van der Waals surface area contributed by atoms with E-state index in [0.29, 0.717) is 18.0 Å². The first-order valence-electron chi connectivity index (χ1n) is 9.00. The summed E-state index contributed by atoms with van der Waals surface area (Å²) in [6, 6.07) is 9.34. The van der Waals surface area contributed by atoms with E-state index in [9.17, 15) is 4.79 Å². The van der Waals surface area contributed by atoms with Crippen molar-refractivity contribution in [1.82, 2.24) is 10.2 Å². The van der Waals surface area contributed by atoms with E-state index in [-0.39, 0.29) is 17.8 Å². The fraction of sp³-hybridized carbons (Fsp3) is 0.632. The second-order valence-corrected chi connectivity index (χ2v) is 8.30. The zero-order chi connectivity index (χ0) is 15.9. The fourth-order valence-electron chi connectivity index (χ4n) is 4.93. The second-order valence-electron chi connectivity index (χ2n) is 7.39. The van der Waals surface area contributed by atoms with Crippen LogP contribution in [0.5, 0.6) is 0 Å². The van der Waals surface area contributed by atoms with Crippen molar-refractivity contribution < 1.29 is 4.79 Å². The van der Waals surface area contributed by atoms with Gasteiger partial charge < -0.3 is 10.2 Å². The summed E-state index contributed by atoms with van der Waals surface area (Å²) in [5, 5.41) is 3.51. The molecule has 0 aromatic heterocycles. The van der Waals surface area contributed by atoms with Crippen molar-refractivity contribution in [1.29, 1.82) is 0 Å². The molecule has 2 bridgehead atoms. The van der Waals surface area contributed by atoms with Crippen molar-refractivity contribution in [3.8, 4) is 0 Å². The van der Waals surface area contributed by atoms with Gasteiger partial charge in [0.05, 0.1) is 5.41 Å². The van der Waals surface area contributed by atoms with E-state index in [0.717, 1.165) is 36.8 Å². The van der Waals surface area contributed by atoms with Gasteiger partial charge in [-0.25, -0.2) is 0 Å². The van der Waals surface area contributed by atoms with Gasteiger partial charge in [-0.1, -0.05) is 40.9 Å². The number of hydrogen-bond acceptors (Lipinski definition) is 2. The molecule has 0 spiro atoms. The number of halogens is 2. The Morgan fingerprint density at radius 1 is 1.08 bits per heavy atom. The first kappa shape index (κ1) is 18.2. The quantitative estimate of drug-likeness (QED) is 0.794. The molecule has 1 amide bonds. The predicted octanol–water partition coefficient (Wildman–Crippen LogP) is 4.04. The van der Waals surface area contributed by atoms with Crippen molar-refractivity contribution in [3.63, 3.8) is 0 Å². The average molecular weight is 414 g/mol. The number of nitrogens with one attached hydrogen (secondary N) is 1. The van der Waals surface area contributed by atoms with Crippen LogP contribution in [0.15, 0.2) is 28.7 Å². The van der Waals surface area contributed by atoms with Gasteiger partial charge >= 0.3 is 0 Å². The lowest BCUT2D eigenvalue weighted by Crippen LogP contribution is -2.51. The maximum absolute atomic E-state index is 13.7. The SMILES string of the molecule is Cl.O=C(N1C2CCNCC1CC2)C1(c2ccc(Br)cc2)CCCC1. The second kappa shape index (κ2) is 7.35. The number of hydrogen-bond donors (Lipinski definition) is 1. The lowest BCUT2D eigenvalue weighted by atomic mass is 9.77. The third-order valence-corrected chi connectivity index (χ3v) is 6.68. The molecule has 5 heteroatoms. The van der Waals surface area contributed by atoms with E-state index in [2.05, 4.69) is 50.4 Å². The van der Waals surface area contributed by atoms with E-state index in [4.69, 9.17) is 0 Å². The molecular weight excluding hydrogens is 388 g/mol. The zero-order valence-corrected chi connectivity index (χ0v) is 16.4. The Kier molecular flexibility index (Phi) is 5.58. The van der Waals surface area contributed by atoms with Gasteiger partial charge in [-0.15, -0.1) is 12.4 Å². The van der Waals surface area contributed by atoms with Gasteiger partial charge in [-0.3, -0.25) is 4.79 Å². The summed E-state index contributed by atoms with van der Waals surface area (Å²) < 4.78 is 1.08. The number of rotatable bonds is 2. The van der Waals surface area contributed by atoms with Crippen molar-refractivity contribution >= 4 is 34.2 Å². The minimum absolute atomic E-state index is 0. The predicted molar refractivity (Wildman–Crippen MR) is 103 cm³/mol. The van der Waals surface area contributed by atoms with E-state index in [1.165, 1.54) is 31.2 Å². The van der Waals surface area contributed by atoms with Crippen LogP contribution in [-0.2, 0) is 10.2 Å². The molecule has 1 aliphatic carbocycles. The Hall–Kier alpha value is -0.580. The van der Waals surface area contributed by atoms with Crippen LogP contribution in [0.1, 0.15) is 50.5 Å². The maximum Gasteiger partial charge on any atom is 0.233 e. The number of carbonyl (C=O) groups is 1. The van der Waals surface area contributed by atoms with Crippen LogP contribution >= 0.6 is 28.3 Å². The summed E-state index contributed by atoms with van der Waals surface area (Å²) >= 11 is 3.52. The van der Waals surface area contributed by atoms with Gasteiger partial charge in [0.2, 0.25) is 5.91 Å². The third-order valence-electron chi connectivity index (χ3n) is 6.15. The Balaban J connectivity index is 0.00000169. The van der Waals surface area contributed by atoms with Gasteiger partial charge in [0.15, 0.2) is 0 Å². The minimum atomic E-state index is -0.272.